The summed E-state index contributed by atoms with van der Waals surface area (Å²) in [7, 11) is 3.70. The van der Waals surface area contributed by atoms with Crippen molar-refractivity contribution in [1.29, 1.82) is 0 Å². The lowest BCUT2D eigenvalue weighted by Gasteiger charge is -2.24. The lowest BCUT2D eigenvalue weighted by Crippen LogP contribution is -2.30. The van der Waals surface area contributed by atoms with Crippen LogP contribution in [0.15, 0.2) is 48.5 Å². The van der Waals surface area contributed by atoms with Crippen LogP contribution in [0.4, 0.5) is 5.69 Å². The Hall–Kier alpha value is -2.70. The van der Waals surface area contributed by atoms with Crippen molar-refractivity contribution in [2.45, 2.75) is 39.9 Å². The number of carbonyl (C=O) groups excluding carboxylic acids is 2. The van der Waals surface area contributed by atoms with Crippen molar-refractivity contribution >= 4 is 17.5 Å². The van der Waals surface area contributed by atoms with E-state index in [1.54, 1.807) is 0 Å². The van der Waals surface area contributed by atoms with Crippen LogP contribution in [0.5, 0.6) is 0 Å². The van der Waals surface area contributed by atoms with E-state index in [0.717, 1.165) is 24.3 Å². The quantitative estimate of drug-likeness (QED) is 0.631. The molecule has 2 N–H and O–H groups in total. The fourth-order valence-electron chi connectivity index (χ4n) is 3.19. The monoisotopic (exact) mass is 410 g/mol. The number of carbonyl (C=O) groups is 2. The van der Waals surface area contributed by atoms with Gasteiger partial charge in [-0.05, 0) is 69.9 Å². The Morgan fingerprint density at radius 3 is 2.30 bits per heavy atom. The van der Waals surface area contributed by atoms with Crippen molar-refractivity contribution in [2.75, 3.05) is 32.5 Å². The summed E-state index contributed by atoms with van der Waals surface area (Å²) in [5, 5.41) is 5.82. The van der Waals surface area contributed by atoms with E-state index in [2.05, 4.69) is 36.3 Å². The molecule has 6 nitrogen and oxygen atoms in total. The summed E-state index contributed by atoms with van der Waals surface area (Å²) in [6.45, 7) is 9.13. The van der Waals surface area contributed by atoms with Crippen molar-refractivity contribution in [3.8, 4) is 0 Å². The summed E-state index contributed by atoms with van der Waals surface area (Å²) in [6.07, 6.45) is 0. The van der Waals surface area contributed by atoms with Gasteiger partial charge in [0, 0.05) is 30.4 Å². The number of nitrogens with zero attached hydrogens (tertiary/aromatic N) is 2. The number of rotatable bonds is 10. The summed E-state index contributed by atoms with van der Waals surface area (Å²) >= 11 is 0. The number of benzene rings is 2. The van der Waals surface area contributed by atoms with E-state index in [4.69, 9.17) is 0 Å². The van der Waals surface area contributed by atoms with Gasteiger partial charge in [-0.15, -0.1) is 0 Å². The molecule has 0 unspecified atom stereocenters. The van der Waals surface area contributed by atoms with Crippen LogP contribution in [0.3, 0.4) is 0 Å². The minimum atomic E-state index is -0.111. The molecule has 0 saturated carbocycles. The zero-order valence-corrected chi connectivity index (χ0v) is 18.7. The maximum atomic E-state index is 12.5. The summed E-state index contributed by atoms with van der Waals surface area (Å²) < 4.78 is 0. The fourth-order valence-corrected chi connectivity index (χ4v) is 3.19. The highest BCUT2D eigenvalue weighted by Gasteiger charge is 2.10. The SMILES string of the molecule is CCN(Cc1ccc(C(=O)NCc2cccc(NC(=O)CN(C)C)c2)cc1)C(C)C. The Bertz CT molecular complexity index is 831. The molecule has 2 aromatic rings. The first-order valence-electron chi connectivity index (χ1n) is 10.4. The third-order valence-corrected chi connectivity index (χ3v) is 4.86. The second-order valence-corrected chi connectivity index (χ2v) is 8.02. The first kappa shape index (κ1) is 23.6. The summed E-state index contributed by atoms with van der Waals surface area (Å²) in [5.41, 5.74) is 3.49. The predicted octanol–water partition coefficient (Wildman–Crippen LogP) is 3.35. The molecule has 0 atom stereocenters. The van der Waals surface area contributed by atoms with Gasteiger partial charge in [-0.25, -0.2) is 0 Å². The third kappa shape index (κ3) is 7.61. The lowest BCUT2D eigenvalue weighted by atomic mass is 10.1. The van der Waals surface area contributed by atoms with Gasteiger partial charge in [0.1, 0.15) is 0 Å². The molecule has 0 saturated heterocycles. The van der Waals surface area contributed by atoms with E-state index in [1.807, 2.05) is 67.5 Å². The molecule has 0 aromatic heterocycles. The van der Waals surface area contributed by atoms with E-state index in [9.17, 15) is 9.59 Å². The largest absolute Gasteiger partial charge is 0.348 e. The number of nitrogens with one attached hydrogen (secondary N) is 2. The Morgan fingerprint density at radius 2 is 1.70 bits per heavy atom. The molecule has 2 rings (SSSR count). The molecule has 0 heterocycles. The molecule has 0 radical (unpaired) electrons. The molecule has 2 amide bonds. The van der Waals surface area contributed by atoms with Crippen molar-refractivity contribution in [2.24, 2.45) is 0 Å². The maximum Gasteiger partial charge on any atom is 0.251 e. The molecule has 0 spiro atoms. The van der Waals surface area contributed by atoms with Crippen LogP contribution in [0, 0.1) is 0 Å². The van der Waals surface area contributed by atoms with Crippen LogP contribution in [-0.4, -0.2) is 54.8 Å². The van der Waals surface area contributed by atoms with Gasteiger partial charge in [-0.2, -0.15) is 0 Å². The number of amides is 2. The first-order chi connectivity index (χ1) is 14.3. The number of anilines is 1. The predicted molar refractivity (Wildman–Crippen MR) is 122 cm³/mol. The van der Waals surface area contributed by atoms with Gasteiger partial charge in [0.05, 0.1) is 6.54 Å². The molecule has 162 valence electrons. The van der Waals surface area contributed by atoms with Crippen molar-refractivity contribution in [3.63, 3.8) is 0 Å². The Balaban J connectivity index is 1.91. The highest BCUT2D eigenvalue weighted by Crippen LogP contribution is 2.12. The number of likely N-dealkylation sites (N-methyl/N-ethyl adjacent to an activating group) is 1. The van der Waals surface area contributed by atoms with Gasteiger partial charge >= 0.3 is 0 Å². The summed E-state index contributed by atoms with van der Waals surface area (Å²) in [4.78, 5) is 28.6. The zero-order valence-electron chi connectivity index (χ0n) is 18.7. The van der Waals surface area contributed by atoms with Gasteiger partial charge in [0.15, 0.2) is 0 Å². The maximum absolute atomic E-state index is 12.5. The van der Waals surface area contributed by atoms with Crippen LogP contribution in [0.25, 0.3) is 0 Å². The molecule has 0 aliphatic rings. The van der Waals surface area contributed by atoms with Gasteiger partial charge < -0.3 is 15.5 Å². The minimum absolute atomic E-state index is 0.0691. The van der Waals surface area contributed by atoms with E-state index in [1.165, 1.54) is 5.56 Å². The average molecular weight is 411 g/mol. The molecule has 0 bridgehead atoms. The second-order valence-electron chi connectivity index (χ2n) is 8.02. The second kappa shape index (κ2) is 11.5. The number of hydrogen-bond donors (Lipinski definition) is 2. The van der Waals surface area contributed by atoms with Gasteiger partial charge in [-0.3, -0.25) is 14.5 Å². The third-order valence-electron chi connectivity index (χ3n) is 4.86. The average Bonchev–Trinajstić information content (AvgIpc) is 2.70. The van der Waals surface area contributed by atoms with Crippen molar-refractivity contribution < 1.29 is 9.59 Å². The zero-order chi connectivity index (χ0) is 22.1. The van der Waals surface area contributed by atoms with E-state index < -0.39 is 0 Å². The molecular formula is C24H34N4O2. The van der Waals surface area contributed by atoms with E-state index in [0.29, 0.717) is 24.7 Å². The van der Waals surface area contributed by atoms with E-state index in [-0.39, 0.29) is 11.8 Å². The minimum Gasteiger partial charge on any atom is -0.348 e. The molecule has 6 heteroatoms. The molecule has 2 aromatic carbocycles. The van der Waals surface area contributed by atoms with Crippen LogP contribution >= 0.6 is 0 Å². The normalized spacial score (nSPS) is 11.2. The van der Waals surface area contributed by atoms with Crippen molar-refractivity contribution in [1.82, 2.24) is 15.1 Å². The van der Waals surface area contributed by atoms with Crippen LogP contribution in [0.1, 0.15) is 42.3 Å². The Kier molecular flexibility index (Phi) is 9.02. The van der Waals surface area contributed by atoms with Crippen molar-refractivity contribution in [3.05, 3.63) is 65.2 Å². The molecule has 0 fully saturated rings. The topological polar surface area (TPSA) is 64.7 Å². The first-order valence-corrected chi connectivity index (χ1v) is 10.4. The fraction of sp³-hybridized carbons (Fsp3) is 0.417. The summed E-state index contributed by atoms with van der Waals surface area (Å²) in [5.74, 6) is -0.180. The molecule has 0 aliphatic carbocycles. The summed E-state index contributed by atoms with van der Waals surface area (Å²) in [6, 6.07) is 15.8. The highest BCUT2D eigenvalue weighted by molar-refractivity contribution is 5.94. The molecule has 0 aliphatic heterocycles. The standard InChI is InChI=1S/C24H34N4O2/c1-6-28(18(2)3)16-19-10-12-21(13-11-19)24(30)25-15-20-8-7-9-22(14-20)26-23(29)17-27(4)5/h7-14,18H,6,15-17H2,1-5H3,(H,25,30)(H,26,29). The van der Waals surface area contributed by atoms with Gasteiger partial charge in [0.2, 0.25) is 5.91 Å². The van der Waals surface area contributed by atoms with Crippen LogP contribution in [-0.2, 0) is 17.9 Å². The smallest absolute Gasteiger partial charge is 0.251 e. The molecule has 30 heavy (non-hydrogen) atoms. The highest BCUT2D eigenvalue weighted by atomic mass is 16.2. The molecular weight excluding hydrogens is 376 g/mol. The number of hydrogen-bond acceptors (Lipinski definition) is 4. The van der Waals surface area contributed by atoms with Gasteiger partial charge in [0.25, 0.3) is 5.91 Å². The van der Waals surface area contributed by atoms with E-state index >= 15 is 0 Å². The Labute approximate surface area is 180 Å². The lowest BCUT2D eigenvalue weighted by molar-refractivity contribution is -0.116. The Morgan fingerprint density at radius 1 is 1.00 bits per heavy atom. The van der Waals surface area contributed by atoms with Crippen LogP contribution < -0.4 is 10.6 Å². The van der Waals surface area contributed by atoms with Gasteiger partial charge in [-0.1, -0.05) is 31.2 Å². The van der Waals surface area contributed by atoms with Crippen LogP contribution in [0.2, 0.25) is 0 Å².